The quantitative estimate of drug-likeness (QED) is 0.545. The molecule has 2 rings (SSSR count). The molecule has 0 bridgehead atoms. The Hall–Kier alpha value is -2.42. The van der Waals surface area contributed by atoms with Crippen molar-refractivity contribution in [3.05, 3.63) is 59.7 Å². The number of rotatable bonds is 11. The van der Waals surface area contributed by atoms with Crippen LogP contribution < -0.4 is 14.8 Å². The van der Waals surface area contributed by atoms with Gasteiger partial charge >= 0.3 is 0 Å². The van der Waals surface area contributed by atoms with Gasteiger partial charge in [-0.3, -0.25) is 4.79 Å². The molecule has 0 radical (unpaired) electrons. The molecule has 2 aromatic rings. The zero-order valence-electron chi connectivity index (χ0n) is 17.0. The molecule has 0 spiro atoms. The summed E-state index contributed by atoms with van der Waals surface area (Å²) in [6.07, 6.45) is 0.694. The molecule has 1 unspecified atom stereocenters. The Morgan fingerprint density at radius 1 is 1.03 bits per heavy atom. The summed E-state index contributed by atoms with van der Waals surface area (Å²) in [5, 5.41) is 2.82. The second-order valence-electron chi connectivity index (χ2n) is 6.62. The molecule has 2 N–H and O–H groups in total. The molecule has 158 valence electrons. The van der Waals surface area contributed by atoms with Crippen molar-refractivity contribution in [2.24, 2.45) is 0 Å². The van der Waals surface area contributed by atoms with E-state index in [1.165, 1.54) is 24.3 Å². The van der Waals surface area contributed by atoms with Gasteiger partial charge in [0.1, 0.15) is 12.4 Å². The number of hydrogen-bond acceptors (Lipinski definition) is 5. The summed E-state index contributed by atoms with van der Waals surface area (Å²) in [6.45, 7) is 5.06. The molecule has 1 atom stereocenters. The number of hydrogen-bond donors (Lipinski definition) is 2. The molecule has 7 nitrogen and oxygen atoms in total. The van der Waals surface area contributed by atoms with Crippen molar-refractivity contribution in [1.29, 1.82) is 0 Å². The van der Waals surface area contributed by atoms with E-state index in [4.69, 9.17) is 9.47 Å². The van der Waals surface area contributed by atoms with E-state index >= 15 is 0 Å². The fourth-order valence-corrected chi connectivity index (χ4v) is 3.76. The minimum atomic E-state index is -3.58. The van der Waals surface area contributed by atoms with Gasteiger partial charge in [-0.05, 0) is 55.3 Å². The normalized spacial score (nSPS) is 12.4. The van der Waals surface area contributed by atoms with E-state index in [0.29, 0.717) is 31.7 Å². The van der Waals surface area contributed by atoms with Crippen LogP contribution in [0.3, 0.4) is 0 Å². The minimum absolute atomic E-state index is 0.137. The van der Waals surface area contributed by atoms with E-state index in [9.17, 15) is 13.2 Å². The Bertz CT molecular complexity index is 880. The molecule has 0 aromatic heterocycles. The topological polar surface area (TPSA) is 93.7 Å². The maximum atomic E-state index is 12.3. The van der Waals surface area contributed by atoms with Crippen LogP contribution in [0.5, 0.6) is 5.75 Å². The van der Waals surface area contributed by atoms with E-state index in [1.807, 2.05) is 31.2 Å². The summed E-state index contributed by atoms with van der Waals surface area (Å²) in [4.78, 5) is 12.5. The van der Waals surface area contributed by atoms with Crippen LogP contribution in [0.25, 0.3) is 0 Å². The van der Waals surface area contributed by atoms with Crippen LogP contribution >= 0.6 is 0 Å². The average Bonchev–Trinajstić information content (AvgIpc) is 2.73. The first-order valence-electron chi connectivity index (χ1n) is 9.47. The largest absolute Gasteiger partial charge is 0.491 e. The minimum Gasteiger partial charge on any atom is -0.491 e. The number of amides is 1. The monoisotopic (exact) mass is 420 g/mol. The van der Waals surface area contributed by atoms with Gasteiger partial charge in [0, 0.05) is 25.3 Å². The summed E-state index contributed by atoms with van der Waals surface area (Å²) in [5.74, 6) is 0.462. The van der Waals surface area contributed by atoms with Gasteiger partial charge in [0.05, 0.1) is 11.5 Å². The fraction of sp³-hybridized carbons (Fsp3) is 0.381. The van der Waals surface area contributed by atoms with Crippen molar-refractivity contribution in [2.45, 2.75) is 37.8 Å². The molecule has 0 aliphatic carbocycles. The first-order chi connectivity index (χ1) is 13.9. The van der Waals surface area contributed by atoms with Gasteiger partial charge in [-0.25, -0.2) is 13.1 Å². The lowest BCUT2D eigenvalue weighted by Crippen LogP contribution is -2.32. The van der Waals surface area contributed by atoms with Crippen LogP contribution in [0.2, 0.25) is 0 Å². The molecule has 2 aromatic carbocycles. The lowest BCUT2D eigenvalue weighted by atomic mass is 10.2. The predicted octanol–water partition coefficient (Wildman–Crippen LogP) is 2.72. The zero-order chi connectivity index (χ0) is 21.3. The molecule has 0 aliphatic heterocycles. The van der Waals surface area contributed by atoms with Crippen LogP contribution in [0.4, 0.5) is 0 Å². The van der Waals surface area contributed by atoms with E-state index in [1.54, 1.807) is 14.0 Å². The first-order valence-corrected chi connectivity index (χ1v) is 10.9. The number of carbonyl (C=O) groups excluding carboxylic acids is 1. The SMILES string of the molecule is CCC(C)NS(=O)(=O)c1ccc(C(=O)NCc2ccc(OCCOC)cc2)cc1. The number of ether oxygens (including phenoxy) is 2. The highest BCUT2D eigenvalue weighted by atomic mass is 32.2. The summed E-state index contributed by atoms with van der Waals surface area (Å²) < 4.78 is 37.6. The van der Waals surface area contributed by atoms with Gasteiger partial charge in [0.15, 0.2) is 0 Å². The number of benzene rings is 2. The van der Waals surface area contributed by atoms with Gasteiger partial charge < -0.3 is 14.8 Å². The van der Waals surface area contributed by atoms with Crippen LogP contribution in [0.15, 0.2) is 53.4 Å². The van der Waals surface area contributed by atoms with Crippen molar-refractivity contribution in [3.63, 3.8) is 0 Å². The Morgan fingerprint density at radius 3 is 2.28 bits per heavy atom. The second kappa shape index (κ2) is 10.9. The smallest absolute Gasteiger partial charge is 0.251 e. The van der Waals surface area contributed by atoms with Crippen LogP contribution in [-0.2, 0) is 21.3 Å². The Morgan fingerprint density at radius 2 is 1.69 bits per heavy atom. The van der Waals surface area contributed by atoms with Crippen molar-refractivity contribution < 1.29 is 22.7 Å². The van der Waals surface area contributed by atoms with Gasteiger partial charge in [-0.15, -0.1) is 0 Å². The highest BCUT2D eigenvalue weighted by molar-refractivity contribution is 7.89. The highest BCUT2D eigenvalue weighted by Crippen LogP contribution is 2.14. The number of methoxy groups -OCH3 is 1. The average molecular weight is 421 g/mol. The third-order valence-electron chi connectivity index (χ3n) is 4.33. The summed E-state index contributed by atoms with van der Waals surface area (Å²) in [7, 11) is -1.97. The maximum absolute atomic E-state index is 12.3. The van der Waals surface area contributed by atoms with Crippen LogP contribution in [0.1, 0.15) is 36.2 Å². The molecule has 0 saturated carbocycles. The van der Waals surface area contributed by atoms with Gasteiger partial charge in [0.2, 0.25) is 10.0 Å². The highest BCUT2D eigenvalue weighted by Gasteiger charge is 2.17. The number of sulfonamides is 1. The zero-order valence-corrected chi connectivity index (χ0v) is 17.8. The molecule has 0 saturated heterocycles. The summed E-state index contributed by atoms with van der Waals surface area (Å²) in [5.41, 5.74) is 1.32. The van der Waals surface area contributed by atoms with E-state index < -0.39 is 10.0 Å². The molecule has 0 heterocycles. The van der Waals surface area contributed by atoms with E-state index in [-0.39, 0.29) is 16.8 Å². The lowest BCUT2D eigenvalue weighted by molar-refractivity contribution is 0.0951. The van der Waals surface area contributed by atoms with Gasteiger partial charge in [0.25, 0.3) is 5.91 Å². The van der Waals surface area contributed by atoms with Crippen molar-refractivity contribution >= 4 is 15.9 Å². The Balaban J connectivity index is 1.91. The van der Waals surface area contributed by atoms with Crippen LogP contribution in [0, 0.1) is 0 Å². The van der Waals surface area contributed by atoms with Crippen molar-refractivity contribution in [3.8, 4) is 5.75 Å². The number of nitrogens with one attached hydrogen (secondary N) is 2. The molecular weight excluding hydrogens is 392 g/mol. The van der Waals surface area contributed by atoms with E-state index in [0.717, 1.165) is 11.3 Å². The third kappa shape index (κ3) is 7.16. The molecule has 8 heteroatoms. The molecule has 1 amide bonds. The molecule has 0 aliphatic rings. The first kappa shape index (κ1) is 22.9. The summed E-state index contributed by atoms with van der Waals surface area (Å²) >= 11 is 0. The van der Waals surface area contributed by atoms with Crippen molar-refractivity contribution in [1.82, 2.24) is 10.0 Å². The third-order valence-corrected chi connectivity index (χ3v) is 5.93. The molecular formula is C21H28N2O5S. The van der Waals surface area contributed by atoms with Gasteiger partial charge in [-0.2, -0.15) is 0 Å². The standard InChI is InChI=1S/C21H28N2O5S/c1-4-16(2)23-29(25,26)20-11-7-18(8-12-20)21(24)22-15-17-5-9-19(10-6-17)28-14-13-27-3/h5-12,16,23H,4,13-15H2,1-3H3,(H,22,24). The predicted molar refractivity (Wildman–Crippen MR) is 111 cm³/mol. The second-order valence-corrected chi connectivity index (χ2v) is 8.34. The molecule has 29 heavy (non-hydrogen) atoms. The Kier molecular flexibility index (Phi) is 8.63. The maximum Gasteiger partial charge on any atom is 0.251 e. The molecule has 0 fully saturated rings. The summed E-state index contributed by atoms with van der Waals surface area (Å²) in [6, 6.07) is 13.2. The van der Waals surface area contributed by atoms with E-state index in [2.05, 4.69) is 10.0 Å². The lowest BCUT2D eigenvalue weighted by Gasteiger charge is -2.12. The van der Waals surface area contributed by atoms with Gasteiger partial charge in [-0.1, -0.05) is 19.1 Å². The van der Waals surface area contributed by atoms with Crippen molar-refractivity contribution in [2.75, 3.05) is 20.3 Å². The number of carbonyl (C=O) groups is 1. The Labute approximate surface area is 172 Å². The van der Waals surface area contributed by atoms with Crippen LogP contribution in [-0.4, -0.2) is 40.7 Å². The fourth-order valence-electron chi connectivity index (χ4n) is 2.43.